The second-order valence-electron chi connectivity index (χ2n) is 9.47. The molecular formula is C27H33N3O5. The van der Waals surface area contributed by atoms with Crippen LogP contribution in [-0.4, -0.2) is 67.3 Å². The number of nitrogens with one attached hydrogen (secondary N) is 2. The van der Waals surface area contributed by atoms with Crippen LogP contribution in [0.3, 0.4) is 0 Å². The summed E-state index contributed by atoms with van der Waals surface area (Å²) in [4.78, 5) is 38.8. The van der Waals surface area contributed by atoms with Crippen molar-refractivity contribution in [3.8, 4) is 11.1 Å². The summed E-state index contributed by atoms with van der Waals surface area (Å²) in [5, 5.41) is 14.6. The predicted molar refractivity (Wildman–Crippen MR) is 132 cm³/mol. The summed E-state index contributed by atoms with van der Waals surface area (Å²) in [7, 11) is 2.06. The van der Waals surface area contributed by atoms with E-state index in [1.807, 2.05) is 36.4 Å². The standard InChI is InChI=1S/C27H33N3O5/c1-30-14-6-7-18(16-30)15-28-26(33)24(12-13-25(31)32)29-27(34)35-17-23-21-10-4-2-8-19(21)20-9-3-5-11-22(20)23/h2-5,8-11,18,23-24H,6-7,12-17H2,1H3,(H,28,33)(H,29,34)(H,31,32). The number of hydrogen-bond donors (Lipinski definition) is 3. The average molecular weight is 480 g/mol. The van der Waals surface area contributed by atoms with Gasteiger partial charge in [0.15, 0.2) is 0 Å². The van der Waals surface area contributed by atoms with E-state index in [-0.39, 0.29) is 31.3 Å². The molecule has 2 aliphatic rings. The van der Waals surface area contributed by atoms with Crippen molar-refractivity contribution in [2.45, 2.75) is 37.6 Å². The van der Waals surface area contributed by atoms with Crippen LogP contribution in [0.15, 0.2) is 48.5 Å². The van der Waals surface area contributed by atoms with Gasteiger partial charge in [-0.2, -0.15) is 0 Å². The molecule has 1 aliphatic carbocycles. The third kappa shape index (κ3) is 6.19. The fourth-order valence-electron chi connectivity index (χ4n) is 5.13. The van der Waals surface area contributed by atoms with E-state index < -0.39 is 18.1 Å². The van der Waals surface area contributed by atoms with Crippen LogP contribution < -0.4 is 10.6 Å². The Balaban J connectivity index is 1.35. The number of ether oxygens (including phenoxy) is 1. The summed E-state index contributed by atoms with van der Waals surface area (Å²) >= 11 is 0. The van der Waals surface area contributed by atoms with Gasteiger partial charge in [0.05, 0.1) is 0 Å². The first-order valence-corrected chi connectivity index (χ1v) is 12.2. The van der Waals surface area contributed by atoms with E-state index in [1.54, 1.807) is 0 Å². The molecule has 1 fully saturated rings. The van der Waals surface area contributed by atoms with E-state index in [1.165, 1.54) is 0 Å². The monoisotopic (exact) mass is 479 g/mol. The number of likely N-dealkylation sites (tertiary alicyclic amines) is 1. The van der Waals surface area contributed by atoms with Crippen molar-refractivity contribution < 1.29 is 24.2 Å². The minimum atomic E-state index is -1.02. The highest BCUT2D eigenvalue weighted by Gasteiger charge is 2.30. The minimum Gasteiger partial charge on any atom is -0.481 e. The number of carboxylic acids is 1. The number of carbonyl (C=O) groups excluding carboxylic acids is 2. The van der Waals surface area contributed by atoms with E-state index in [2.05, 4.69) is 34.7 Å². The number of carboxylic acid groups (broad SMARTS) is 1. The number of fused-ring (bicyclic) bond motifs is 3. The van der Waals surface area contributed by atoms with Gasteiger partial charge in [0.2, 0.25) is 5.91 Å². The molecule has 1 saturated heterocycles. The second kappa shape index (κ2) is 11.4. The minimum absolute atomic E-state index is 0.00404. The fraction of sp³-hybridized carbons (Fsp3) is 0.444. The third-order valence-corrected chi connectivity index (χ3v) is 6.89. The molecule has 1 heterocycles. The van der Waals surface area contributed by atoms with Gasteiger partial charge in [-0.05, 0) is 61.0 Å². The Morgan fingerprint density at radius 3 is 2.37 bits per heavy atom. The molecule has 2 amide bonds. The molecule has 8 heteroatoms. The molecule has 0 bridgehead atoms. The normalized spacial score (nSPS) is 18.3. The lowest BCUT2D eigenvalue weighted by Gasteiger charge is -2.30. The zero-order chi connectivity index (χ0) is 24.8. The highest BCUT2D eigenvalue weighted by Crippen LogP contribution is 2.44. The number of benzene rings is 2. The van der Waals surface area contributed by atoms with Crippen LogP contribution >= 0.6 is 0 Å². The Bertz CT molecular complexity index is 1030. The molecule has 0 aromatic heterocycles. The van der Waals surface area contributed by atoms with Crippen LogP contribution in [0, 0.1) is 5.92 Å². The highest BCUT2D eigenvalue weighted by atomic mass is 16.5. The summed E-state index contributed by atoms with van der Waals surface area (Å²) in [5.74, 6) is -1.16. The predicted octanol–water partition coefficient (Wildman–Crippen LogP) is 3.22. The van der Waals surface area contributed by atoms with Crippen LogP contribution in [0.2, 0.25) is 0 Å². The summed E-state index contributed by atoms with van der Waals surface area (Å²) in [6.07, 6.45) is 1.15. The Labute approximate surface area is 205 Å². The number of hydrogen-bond acceptors (Lipinski definition) is 5. The molecule has 0 spiro atoms. The topological polar surface area (TPSA) is 108 Å². The smallest absolute Gasteiger partial charge is 0.407 e. The van der Waals surface area contributed by atoms with Crippen molar-refractivity contribution in [2.75, 3.05) is 33.3 Å². The van der Waals surface area contributed by atoms with Gasteiger partial charge in [0.1, 0.15) is 12.6 Å². The van der Waals surface area contributed by atoms with E-state index >= 15 is 0 Å². The van der Waals surface area contributed by atoms with Gasteiger partial charge in [-0.3, -0.25) is 9.59 Å². The molecule has 186 valence electrons. The van der Waals surface area contributed by atoms with Gasteiger partial charge in [-0.1, -0.05) is 48.5 Å². The first-order chi connectivity index (χ1) is 16.9. The number of aliphatic carboxylic acids is 1. The fourth-order valence-corrected chi connectivity index (χ4v) is 5.13. The average Bonchev–Trinajstić information content (AvgIpc) is 3.17. The van der Waals surface area contributed by atoms with Crippen molar-refractivity contribution in [2.24, 2.45) is 5.92 Å². The SMILES string of the molecule is CN1CCCC(CNC(=O)C(CCC(=O)O)NC(=O)OCC2c3ccccc3-c3ccccc32)C1. The number of carbonyl (C=O) groups is 3. The van der Waals surface area contributed by atoms with Crippen molar-refractivity contribution in [3.63, 3.8) is 0 Å². The van der Waals surface area contributed by atoms with Crippen LogP contribution in [0.1, 0.15) is 42.7 Å². The molecule has 0 saturated carbocycles. The molecule has 35 heavy (non-hydrogen) atoms. The molecule has 3 N–H and O–H groups in total. The maximum atomic E-state index is 12.8. The molecule has 2 aromatic carbocycles. The maximum Gasteiger partial charge on any atom is 0.407 e. The lowest BCUT2D eigenvalue weighted by molar-refractivity contribution is -0.137. The van der Waals surface area contributed by atoms with Gasteiger partial charge in [0.25, 0.3) is 0 Å². The molecule has 2 unspecified atom stereocenters. The largest absolute Gasteiger partial charge is 0.481 e. The Hall–Kier alpha value is -3.39. The summed E-state index contributed by atoms with van der Waals surface area (Å²) in [5.41, 5.74) is 4.45. The molecule has 2 aromatic rings. The van der Waals surface area contributed by atoms with Crippen LogP contribution in [0.4, 0.5) is 4.79 Å². The van der Waals surface area contributed by atoms with Gasteiger partial charge in [0, 0.05) is 25.4 Å². The highest BCUT2D eigenvalue weighted by molar-refractivity contribution is 5.86. The quantitative estimate of drug-likeness (QED) is 0.510. The second-order valence-corrected chi connectivity index (χ2v) is 9.47. The van der Waals surface area contributed by atoms with Crippen LogP contribution in [0.25, 0.3) is 11.1 Å². The number of rotatable bonds is 9. The number of alkyl carbamates (subject to hydrolysis) is 1. The molecule has 2 atom stereocenters. The van der Waals surface area contributed by atoms with E-state index in [0.29, 0.717) is 12.5 Å². The first-order valence-electron chi connectivity index (χ1n) is 12.2. The van der Waals surface area contributed by atoms with Gasteiger partial charge in [-0.25, -0.2) is 4.79 Å². The van der Waals surface area contributed by atoms with Gasteiger partial charge >= 0.3 is 12.1 Å². The molecule has 4 rings (SSSR count). The Morgan fingerprint density at radius 2 is 1.74 bits per heavy atom. The lowest BCUT2D eigenvalue weighted by Crippen LogP contribution is -2.49. The summed E-state index contributed by atoms with van der Waals surface area (Å²) < 4.78 is 5.55. The summed E-state index contributed by atoms with van der Waals surface area (Å²) in [6, 6.07) is 15.1. The number of piperidine rings is 1. The first kappa shape index (κ1) is 24.7. The number of nitrogens with zero attached hydrogens (tertiary/aromatic N) is 1. The van der Waals surface area contributed by atoms with Gasteiger partial charge in [-0.15, -0.1) is 0 Å². The Kier molecular flexibility index (Phi) is 8.02. The lowest BCUT2D eigenvalue weighted by atomic mass is 9.98. The van der Waals surface area contributed by atoms with E-state index in [4.69, 9.17) is 9.84 Å². The molecule has 8 nitrogen and oxygen atoms in total. The van der Waals surface area contributed by atoms with Gasteiger partial charge < -0.3 is 25.4 Å². The van der Waals surface area contributed by atoms with Crippen molar-refractivity contribution in [1.29, 1.82) is 0 Å². The third-order valence-electron chi connectivity index (χ3n) is 6.89. The summed E-state index contributed by atoms with van der Waals surface area (Å²) in [6.45, 7) is 2.58. The molecular weight excluding hydrogens is 446 g/mol. The van der Waals surface area contributed by atoms with E-state index in [9.17, 15) is 14.4 Å². The van der Waals surface area contributed by atoms with E-state index in [0.717, 1.165) is 48.2 Å². The zero-order valence-corrected chi connectivity index (χ0v) is 20.0. The van der Waals surface area contributed by atoms with Crippen molar-refractivity contribution in [1.82, 2.24) is 15.5 Å². The van der Waals surface area contributed by atoms with Crippen LogP contribution in [-0.2, 0) is 14.3 Å². The molecule has 1 aliphatic heterocycles. The Morgan fingerprint density at radius 1 is 1.09 bits per heavy atom. The molecule has 0 radical (unpaired) electrons. The maximum absolute atomic E-state index is 12.8. The van der Waals surface area contributed by atoms with Crippen LogP contribution in [0.5, 0.6) is 0 Å². The van der Waals surface area contributed by atoms with Crippen molar-refractivity contribution >= 4 is 18.0 Å². The zero-order valence-electron chi connectivity index (χ0n) is 20.0. The van der Waals surface area contributed by atoms with Crippen molar-refractivity contribution in [3.05, 3.63) is 59.7 Å². The number of amides is 2.